The van der Waals surface area contributed by atoms with E-state index < -0.39 is 0 Å². The van der Waals surface area contributed by atoms with Crippen molar-refractivity contribution in [1.82, 2.24) is 0 Å². The van der Waals surface area contributed by atoms with Gasteiger partial charge in [-0.2, -0.15) is 0 Å². The van der Waals surface area contributed by atoms with Gasteiger partial charge >= 0.3 is 5.97 Å². The molecule has 1 aliphatic heterocycles. The second-order valence-corrected chi connectivity index (χ2v) is 3.25. The minimum atomic E-state index is -0.364. The van der Waals surface area contributed by atoms with Gasteiger partial charge in [0.25, 0.3) is 0 Å². The second-order valence-electron chi connectivity index (χ2n) is 3.25. The molecule has 3 heteroatoms. The molecule has 0 aromatic carbocycles. The third-order valence-electron chi connectivity index (χ3n) is 2.24. The van der Waals surface area contributed by atoms with Crippen molar-refractivity contribution in [3.8, 4) is 0 Å². The van der Waals surface area contributed by atoms with Crippen LogP contribution in [0, 0.1) is 5.92 Å². The number of hydrogen-bond acceptors (Lipinski definition) is 3. The predicted molar refractivity (Wildman–Crippen MR) is 43.6 cm³/mol. The molecule has 0 aromatic heterocycles. The summed E-state index contributed by atoms with van der Waals surface area (Å²) in [5.74, 6) is -0.455. The first-order chi connectivity index (χ1) is 5.65. The molecule has 0 aromatic rings. The van der Waals surface area contributed by atoms with Gasteiger partial charge in [-0.3, -0.25) is 9.59 Å². The summed E-state index contributed by atoms with van der Waals surface area (Å²) in [6, 6.07) is 0. The van der Waals surface area contributed by atoms with E-state index >= 15 is 0 Å². The number of cyclic esters (lactones) is 1. The summed E-state index contributed by atoms with van der Waals surface area (Å²) in [5, 5.41) is 0. The average Bonchev–Trinajstić information content (AvgIpc) is 2.00. The van der Waals surface area contributed by atoms with Crippen LogP contribution >= 0.6 is 0 Å². The molecule has 12 heavy (non-hydrogen) atoms. The minimum absolute atomic E-state index is 0.0182. The number of ether oxygens (including phenoxy) is 1. The number of rotatable bonds is 2. The van der Waals surface area contributed by atoms with Crippen molar-refractivity contribution in [2.75, 3.05) is 0 Å². The molecule has 0 radical (unpaired) electrons. The van der Waals surface area contributed by atoms with Crippen LogP contribution in [0.2, 0.25) is 0 Å². The fraction of sp³-hybridized carbons (Fsp3) is 0.778. The van der Waals surface area contributed by atoms with Crippen molar-refractivity contribution in [2.24, 2.45) is 5.92 Å². The van der Waals surface area contributed by atoms with Crippen LogP contribution in [0.15, 0.2) is 0 Å². The van der Waals surface area contributed by atoms with E-state index in [4.69, 9.17) is 4.74 Å². The zero-order chi connectivity index (χ0) is 9.14. The lowest BCUT2D eigenvalue weighted by Crippen LogP contribution is -2.37. The number of esters is 1. The molecule has 0 aliphatic carbocycles. The van der Waals surface area contributed by atoms with Crippen molar-refractivity contribution in [3.05, 3.63) is 0 Å². The SMILES string of the molecule is CCC[C@@H]1OC(=O)CC(=O)[C@@H]1C. The van der Waals surface area contributed by atoms with Crippen molar-refractivity contribution in [2.45, 2.75) is 39.2 Å². The molecule has 1 saturated heterocycles. The maximum Gasteiger partial charge on any atom is 0.313 e. The molecule has 1 aliphatic rings. The Kier molecular flexibility index (Phi) is 2.84. The summed E-state index contributed by atoms with van der Waals surface area (Å²) in [6.07, 6.45) is 1.51. The van der Waals surface area contributed by atoms with Crippen LogP contribution in [0.3, 0.4) is 0 Å². The van der Waals surface area contributed by atoms with Crippen LogP contribution in [0.1, 0.15) is 33.1 Å². The van der Waals surface area contributed by atoms with Crippen LogP contribution in [-0.4, -0.2) is 17.9 Å². The lowest BCUT2D eigenvalue weighted by molar-refractivity contribution is -0.162. The van der Waals surface area contributed by atoms with Gasteiger partial charge in [-0.15, -0.1) is 0 Å². The maximum absolute atomic E-state index is 11.2. The normalized spacial score (nSPS) is 30.2. The molecule has 0 unspecified atom stereocenters. The maximum atomic E-state index is 11.2. The predicted octanol–water partition coefficient (Wildman–Crippen LogP) is 1.31. The molecule has 1 rings (SSSR count). The van der Waals surface area contributed by atoms with Gasteiger partial charge in [0.05, 0.1) is 5.92 Å². The van der Waals surface area contributed by atoms with E-state index in [9.17, 15) is 9.59 Å². The van der Waals surface area contributed by atoms with Gasteiger partial charge in [0.1, 0.15) is 18.3 Å². The van der Waals surface area contributed by atoms with E-state index in [1.807, 2.05) is 13.8 Å². The van der Waals surface area contributed by atoms with Gasteiger partial charge in [0.2, 0.25) is 0 Å². The number of hydrogen-bond donors (Lipinski definition) is 0. The van der Waals surface area contributed by atoms with Crippen LogP contribution in [0.4, 0.5) is 0 Å². The molecule has 1 heterocycles. The summed E-state index contributed by atoms with van der Waals surface area (Å²) >= 11 is 0. The molecular weight excluding hydrogens is 156 g/mol. The largest absolute Gasteiger partial charge is 0.461 e. The number of Topliss-reactive ketones (excluding diaryl/α,β-unsaturated/α-hetero) is 1. The Balaban J connectivity index is 2.59. The standard InChI is InChI=1S/C9H14O3/c1-3-4-8-6(2)7(10)5-9(11)12-8/h6,8H,3-5H2,1-2H3/t6-,8-/m0/s1. The summed E-state index contributed by atoms with van der Waals surface area (Å²) < 4.78 is 5.05. The van der Waals surface area contributed by atoms with Gasteiger partial charge in [0.15, 0.2) is 0 Å². The van der Waals surface area contributed by atoms with Crippen LogP contribution in [0.5, 0.6) is 0 Å². The van der Waals surface area contributed by atoms with E-state index in [-0.39, 0.29) is 30.2 Å². The van der Waals surface area contributed by atoms with E-state index in [1.54, 1.807) is 0 Å². The summed E-state index contributed by atoms with van der Waals surface area (Å²) in [7, 11) is 0. The van der Waals surface area contributed by atoms with Crippen molar-refractivity contribution >= 4 is 11.8 Å². The fourth-order valence-electron chi connectivity index (χ4n) is 1.42. The Hall–Kier alpha value is -0.860. The Morgan fingerprint density at radius 1 is 1.50 bits per heavy atom. The van der Waals surface area contributed by atoms with Gasteiger partial charge < -0.3 is 4.74 Å². The molecular formula is C9H14O3. The van der Waals surface area contributed by atoms with Crippen LogP contribution in [0.25, 0.3) is 0 Å². The summed E-state index contributed by atoms with van der Waals surface area (Å²) in [5.41, 5.74) is 0. The lowest BCUT2D eigenvalue weighted by Gasteiger charge is -2.26. The molecule has 0 amide bonds. The van der Waals surface area contributed by atoms with E-state index in [2.05, 4.69) is 0 Å². The van der Waals surface area contributed by atoms with Gasteiger partial charge in [-0.1, -0.05) is 20.3 Å². The Labute approximate surface area is 72.1 Å². The van der Waals surface area contributed by atoms with Crippen LogP contribution < -0.4 is 0 Å². The Morgan fingerprint density at radius 3 is 2.75 bits per heavy atom. The highest BCUT2D eigenvalue weighted by atomic mass is 16.5. The number of carbonyl (C=O) groups excluding carboxylic acids is 2. The van der Waals surface area contributed by atoms with E-state index in [0.717, 1.165) is 12.8 Å². The van der Waals surface area contributed by atoms with Gasteiger partial charge in [-0.05, 0) is 6.42 Å². The molecule has 0 bridgehead atoms. The smallest absolute Gasteiger partial charge is 0.313 e. The highest BCUT2D eigenvalue weighted by Gasteiger charge is 2.33. The third kappa shape index (κ3) is 1.84. The Bertz CT molecular complexity index is 198. The zero-order valence-corrected chi connectivity index (χ0v) is 7.50. The van der Waals surface area contributed by atoms with Crippen molar-refractivity contribution in [3.63, 3.8) is 0 Å². The zero-order valence-electron chi connectivity index (χ0n) is 7.50. The molecule has 68 valence electrons. The fourth-order valence-corrected chi connectivity index (χ4v) is 1.42. The van der Waals surface area contributed by atoms with Crippen molar-refractivity contribution in [1.29, 1.82) is 0 Å². The quantitative estimate of drug-likeness (QED) is 0.463. The number of ketones is 1. The molecule has 0 spiro atoms. The minimum Gasteiger partial charge on any atom is -0.461 e. The first-order valence-electron chi connectivity index (χ1n) is 4.37. The molecule has 0 N–H and O–H groups in total. The monoisotopic (exact) mass is 170 g/mol. The van der Waals surface area contributed by atoms with E-state index in [1.165, 1.54) is 0 Å². The topological polar surface area (TPSA) is 43.4 Å². The first kappa shape index (κ1) is 9.23. The van der Waals surface area contributed by atoms with E-state index in [0.29, 0.717) is 0 Å². The highest BCUT2D eigenvalue weighted by molar-refractivity contribution is 5.98. The molecule has 2 atom stereocenters. The molecule has 0 saturated carbocycles. The van der Waals surface area contributed by atoms with Gasteiger partial charge in [-0.25, -0.2) is 0 Å². The third-order valence-corrected chi connectivity index (χ3v) is 2.24. The summed E-state index contributed by atoms with van der Waals surface area (Å²) in [4.78, 5) is 22.1. The van der Waals surface area contributed by atoms with Crippen LogP contribution in [-0.2, 0) is 14.3 Å². The lowest BCUT2D eigenvalue weighted by atomic mass is 9.92. The average molecular weight is 170 g/mol. The van der Waals surface area contributed by atoms with Gasteiger partial charge in [0, 0.05) is 0 Å². The highest BCUT2D eigenvalue weighted by Crippen LogP contribution is 2.21. The summed E-state index contributed by atoms with van der Waals surface area (Å²) in [6.45, 7) is 3.84. The number of carbonyl (C=O) groups is 2. The molecule has 3 nitrogen and oxygen atoms in total. The molecule has 1 fully saturated rings. The first-order valence-corrected chi connectivity index (χ1v) is 4.37. The van der Waals surface area contributed by atoms with Crippen molar-refractivity contribution < 1.29 is 14.3 Å². The Morgan fingerprint density at radius 2 is 2.17 bits per heavy atom. The second kappa shape index (κ2) is 3.70.